The number of hydrogen-bond donors (Lipinski definition) is 1. The van der Waals surface area contributed by atoms with Gasteiger partial charge >= 0.3 is 0 Å². The first-order chi connectivity index (χ1) is 13.3. The molecule has 1 unspecified atom stereocenters. The Labute approximate surface area is 156 Å². The summed E-state index contributed by atoms with van der Waals surface area (Å²) in [5, 5.41) is 9.82. The summed E-state index contributed by atoms with van der Waals surface area (Å²) < 4.78 is 6.06. The highest BCUT2D eigenvalue weighted by Gasteiger charge is 2.26. The molecule has 0 fully saturated rings. The van der Waals surface area contributed by atoms with E-state index in [1.807, 2.05) is 54.6 Å². The number of aromatic nitrogens is 1. The normalized spacial score (nSPS) is 11.7. The molecule has 0 aliphatic rings. The zero-order valence-corrected chi connectivity index (χ0v) is 14.4. The minimum Gasteiger partial charge on any atom is -0.478 e. The molecule has 0 aliphatic carbocycles. The van der Waals surface area contributed by atoms with Gasteiger partial charge in [-0.15, -0.1) is 0 Å². The first-order valence-corrected chi connectivity index (χ1v) is 8.58. The number of Topliss-reactive ketones (excluding diaryl/α,β-unsaturated/α-hetero) is 1. The first-order valence-electron chi connectivity index (χ1n) is 8.58. The molecule has 27 heavy (non-hydrogen) atoms. The van der Waals surface area contributed by atoms with E-state index in [4.69, 9.17) is 10.00 Å². The summed E-state index contributed by atoms with van der Waals surface area (Å²) in [4.78, 5) is 16.5. The fourth-order valence-electron chi connectivity index (χ4n) is 3.06. The third-order valence-electron chi connectivity index (χ3n) is 4.43. The number of rotatable bonds is 5. The van der Waals surface area contributed by atoms with Crippen molar-refractivity contribution in [3.63, 3.8) is 0 Å². The van der Waals surface area contributed by atoms with Crippen LogP contribution in [0.1, 0.15) is 27.6 Å². The summed E-state index contributed by atoms with van der Waals surface area (Å²) in [6.45, 7) is 0. The molecule has 0 bridgehead atoms. The number of nitrogens with one attached hydrogen (secondary N) is 1. The van der Waals surface area contributed by atoms with E-state index in [1.54, 1.807) is 30.5 Å². The minimum absolute atomic E-state index is 0.122. The summed E-state index contributed by atoms with van der Waals surface area (Å²) >= 11 is 0. The van der Waals surface area contributed by atoms with E-state index in [0.29, 0.717) is 16.9 Å². The van der Waals surface area contributed by atoms with Crippen LogP contribution in [-0.4, -0.2) is 10.8 Å². The van der Waals surface area contributed by atoms with Gasteiger partial charge in [0, 0.05) is 28.2 Å². The number of ether oxygens (including phenoxy) is 1. The minimum atomic E-state index is -0.779. The lowest BCUT2D eigenvalue weighted by atomic mass is 9.99. The fourth-order valence-corrected chi connectivity index (χ4v) is 3.06. The number of H-pyrrole nitrogens is 1. The maximum absolute atomic E-state index is 13.4. The van der Waals surface area contributed by atoms with E-state index >= 15 is 0 Å². The predicted octanol–water partition coefficient (Wildman–Crippen LogP) is 5.04. The van der Waals surface area contributed by atoms with Gasteiger partial charge in [-0.1, -0.05) is 48.5 Å². The van der Waals surface area contributed by atoms with Crippen LogP contribution in [0.5, 0.6) is 5.75 Å². The van der Waals surface area contributed by atoms with Crippen LogP contribution in [0.3, 0.4) is 0 Å². The second kappa shape index (κ2) is 7.19. The highest BCUT2D eigenvalue weighted by molar-refractivity contribution is 6.10. The summed E-state index contributed by atoms with van der Waals surface area (Å²) in [7, 11) is 0. The maximum atomic E-state index is 13.4. The van der Waals surface area contributed by atoms with Crippen molar-refractivity contribution in [2.24, 2.45) is 0 Å². The van der Waals surface area contributed by atoms with E-state index in [0.717, 1.165) is 16.5 Å². The van der Waals surface area contributed by atoms with Gasteiger partial charge in [-0.2, -0.15) is 5.26 Å². The fraction of sp³-hybridized carbons (Fsp3) is 0.0435. The topological polar surface area (TPSA) is 65.9 Å². The van der Waals surface area contributed by atoms with Gasteiger partial charge < -0.3 is 9.72 Å². The van der Waals surface area contributed by atoms with Gasteiger partial charge in [-0.25, -0.2) is 0 Å². The Kier molecular flexibility index (Phi) is 4.42. The molecule has 0 radical (unpaired) electrons. The molecular formula is C23H16N2O2. The molecule has 1 atom stereocenters. The number of carbonyl (C=O) groups excluding carboxylic acids is 1. The highest BCUT2D eigenvalue weighted by Crippen LogP contribution is 2.29. The number of nitriles is 1. The number of ketones is 1. The van der Waals surface area contributed by atoms with Crippen LogP contribution in [0.25, 0.3) is 10.9 Å². The van der Waals surface area contributed by atoms with Crippen LogP contribution in [0, 0.1) is 11.3 Å². The molecule has 1 aromatic heterocycles. The van der Waals surface area contributed by atoms with E-state index in [1.165, 1.54) is 0 Å². The number of hydrogen-bond acceptors (Lipinski definition) is 3. The average Bonchev–Trinajstić information content (AvgIpc) is 3.17. The molecule has 4 rings (SSSR count). The van der Waals surface area contributed by atoms with Crippen LogP contribution in [0.2, 0.25) is 0 Å². The lowest BCUT2D eigenvalue weighted by Crippen LogP contribution is -2.19. The molecule has 0 saturated heterocycles. The van der Waals surface area contributed by atoms with Gasteiger partial charge in [0.15, 0.2) is 6.10 Å². The maximum Gasteiger partial charge on any atom is 0.210 e. The Hall–Kier alpha value is -3.84. The first kappa shape index (κ1) is 16.6. The summed E-state index contributed by atoms with van der Waals surface area (Å²) in [5.41, 5.74) is 2.82. The number of benzene rings is 3. The highest BCUT2D eigenvalue weighted by atomic mass is 16.5. The smallest absolute Gasteiger partial charge is 0.210 e. The standard InChI is InChI=1S/C23H16N2O2/c24-14-16-10-12-18(13-11-16)27-23(17-6-2-1-3-7-17)22(26)20-15-25-21-9-5-4-8-19(20)21/h1-13,15,23,25H. The van der Waals surface area contributed by atoms with Crippen molar-refractivity contribution >= 4 is 16.7 Å². The third-order valence-corrected chi connectivity index (χ3v) is 4.43. The van der Waals surface area contributed by atoms with Crippen molar-refractivity contribution in [2.45, 2.75) is 6.10 Å². The van der Waals surface area contributed by atoms with Crippen LogP contribution in [-0.2, 0) is 0 Å². The Balaban J connectivity index is 1.73. The van der Waals surface area contributed by atoms with Crippen molar-refractivity contribution in [1.29, 1.82) is 5.26 Å². The number of fused-ring (bicyclic) bond motifs is 1. The second-order valence-electron chi connectivity index (χ2n) is 6.16. The average molecular weight is 352 g/mol. The van der Waals surface area contributed by atoms with Crippen LogP contribution in [0.15, 0.2) is 85.1 Å². The molecule has 4 aromatic rings. The van der Waals surface area contributed by atoms with Crippen LogP contribution in [0.4, 0.5) is 0 Å². The number of nitrogens with zero attached hydrogens (tertiary/aromatic N) is 1. The Bertz CT molecular complexity index is 1120. The largest absolute Gasteiger partial charge is 0.478 e. The van der Waals surface area contributed by atoms with Gasteiger partial charge in [-0.3, -0.25) is 4.79 Å². The predicted molar refractivity (Wildman–Crippen MR) is 104 cm³/mol. The van der Waals surface area contributed by atoms with Gasteiger partial charge in [0.25, 0.3) is 0 Å². The number of aromatic amines is 1. The quantitative estimate of drug-likeness (QED) is 0.512. The summed E-state index contributed by atoms with van der Waals surface area (Å²) in [6.07, 6.45) is 0.948. The number of carbonyl (C=O) groups is 1. The molecule has 0 aliphatic heterocycles. The Morgan fingerprint density at radius 3 is 2.37 bits per heavy atom. The van der Waals surface area contributed by atoms with Crippen LogP contribution >= 0.6 is 0 Å². The van der Waals surface area contributed by atoms with Crippen molar-refractivity contribution in [3.05, 3.63) is 102 Å². The molecule has 0 spiro atoms. The van der Waals surface area contributed by atoms with Gasteiger partial charge in [0.1, 0.15) is 5.75 Å². The van der Waals surface area contributed by atoms with Gasteiger partial charge in [0.05, 0.1) is 11.6 Å². The third kappa shape index (κ3) is 3.31. The molecular weight excluding hydrogens is 336 g/mol. The molecule has 3 aromatic carbocycles. The van der Waals surface area contributed by atoms with E-state index in [2.05, 4.69) is 11.1 Å². The van der Waals surface area contributed by atoms with Crippen molar-refractivity contribution in [2.75, 3.05) is 0 Å². The molecule has 1 N–H and O–H groups in total. The Morgan fingerprint density at radius 2 is 1.63 bits per heavy atom. The molecule has 4 heteroatoms. The number of para-hydroxylation sites is 1. The molecule has 0 saturated carbocycles. The SMILES string of the molecule is N#Cc1ccc(OC(C(=O)c2c[nH]c3ccccc23)c2ccccc2)cc1. The molecule has 130 valence electrons. The molecule has 0 amide bonds. The van der Waals surface area contributed by atoms with Gasteiger partial charge in [-0.05, 0) is 30.3 Å². The van der Waals surface area contributed by atoms with Gasteiger partial charge in [0.2, 0.25) is 5.78 Å². The molecule has 1 heterocycles. The lowest BCUT2D eigenvalue weighted by Gasteiger charge is -2.18. The second-order valence-corrected chi connectivity index (χ2v) is 6.16. The summed E-state index contributed by atoms with van der Waals surface area (Å²) in [5.74, 6) is 0.416. The van der Waals surface area contributed by atoms with Crippen molar-refractivity contribution in [3.8, 4) is 11.8 Å². The molecule has 4 nitrogen and oxygen atoms in total. The monoisotopic (exact) mass is 352 g/mol. The van der Waals surface area contributed by atoms with E-state index in [-0.39, 0.29) is 5.78 Å². The van der Waals surface area contributed by atoms with Crippen molar-refractivity contribution in [1.82, 2.24) is 4.98 Å². The van der Waals surface area contributed by atoms with E-state index < -0.39 is 6.10 Å². The lowest BCUT2D eigenvalue weighted by molar-refractivity contribution is 0.0794. The zero-order valence-electron chi connectivity index (χ0n) is 14.4. The summed E-state index contributed by atoms with van der Waals surface area (Å²) in [6, 6.07) is 25.9. The Morgan fingerprint density at radius 1 is 0.926 bits per heavy atom. The van der Waals surface area contributed by atoms with Crippen LogP contribution < -0.4 is 4.74 Å². The zero-order chi connectivity index (χ0) is 18.6. The van der Waals surface area contributed by atoms with Crippen molar-refractivity contribution < 1.29 is 9.53 Å². The van der Waals surface area contributed by atoms with E-state index in [9.17, 15) is 4.79 Å².